The lowest BCUT2D eigenvalue weighted by Crippen LogP contribution is -2.37. The van der Waals surface area contributed by atoms with Gasteiger partial charge in [-0.2, -0.15) is 22.8 Å². The lowest BCUT2D eigenvalue weighted by Gasteiger charge is -2.27. The number of hydrogen-bond donors (Lipinski definition) is 1. The number of alkyl halides is 3. The van der Waals surface area contributed by atoms with Crippen LogP contribution in [0.5, 0.6) is 0 Å². The molecule has 1 saturated heterocycles. The van der Waals surface area contributed by atoms with Crippen molar-refractivity contribution < 1.29 is 22.7 Å². The SMILES string of the molecule is O=C(Nc1cnc2ccc(-c3ccccc3C(F)(F)F)nn12)c1cncc(N2CCOCC2)n1. The van der Waals surface area contributed by atoms with E-state index >= 15 is 0 Å². The fraction of sp³-hybridized carbons (Fsp3) is 0.227. The summed E-state index contributed by atoms with van der Waals surface area (Å²) in [6.07, 6.45) is -0.258. The number of amides is 1. The van der Waals surface area contributed by atoms with Crippen LogP contribution in [0.15, 0.2) is 55.0 Å². The number of nitrogens with zero attached hydrogens (tertiary/aromatic N) is 6. The summed E-state index contributed by atoms with van der Waals surface area (Å²) < 4.78 is 47.0. The van der Waals surface area contributed by atoms with E-state index in [0.29, 0.717) is 37.8 Å². The van der Waals surface area contributed by atoms with E-state index in [0.717, 1.165) is 6.07 Å². The molecule has 0 atom stereocenters. The normalized spacial score (nSPS) is 14.4. The standard InChI is InChI=1S/C22H18F3N7O2/c23-22(24,25)15-4-2-1-3-14(15)16-5-6-18-27-13-20(32(18)30-16)29-21(33)17-11-26-12-19(28-17)31-7-9-34-10-8-31/h1-6,11-13H,7-10H2,(H,29,33). The van der Waals surface area contributed by atoms with Crippen molar-refractivity contribution in [2.45, 2.75) is 6.18 Å². The maximum absolute atomic E-state index is 13.5. The minimum atomic E-state index is -4.54. The van der Waals surface area contributed by atoms with Crippen LogP contribution in [-0.2, 0) is 10.9 Å². The van der Waals surface area contributed by atoms with Gasteiger partial charge in [-0.05, 0) is 18.2 Å². The van der Waals surface area contributed by atoms with Gasteiger partial charge in [0.2, 0.25) is 0 Å². The molecule has 1 fully saturated rings. The van der Waals surface area contributed by atoms with E-state index in [1.54, 1.807) is 6.20 Å². The Morgan fingerprint density at radius 2 is 1.82 bits per heavy atom. The number of imidazole rings is 1. The molecule has 4 aromatic rings. The Kier molecular flexibility index (Phi) is 5.57. The van der Waals surface area contributed by atoms with Crippen LogP contribution in [0.3, 0.4) is 0 Å². The molecule has 1 aliphatic heterocycles. The molecule has 0 saturated carbocycles. The third kappa shape index (κ3) is 4.27. The van der Waals surface area contributed by atoms with E-state index in [1.807, 2.05) is 4.90 Å². The van der Waals surface area contributed by atoms with Crippen molar-refractivity contribution in [3.63, 3.8) is 0 Å². The van der Waals surface area contributed by atoms with Crippen molar-refractivity contribution in [3.05, 3.63) is 66.2 Å². The zero-order valence-electron chi connectivity index (χ0n) is 17.7. The Morgan fingerprint density at radius 3 is 2.62 bits per heavy atom. The first-order valence-corrected chi connectivity index (χ1v) is 10.4. The van der Waals surface area contributed by atoms with E-state index in [9.17, 15) is 18.0 Å². The lowest BCUT2D eigenvalue weighted by atomic mass is 10.0. The third-order valence-corrected chi connectivity index (χ3v) is 5.30. The molecule has 34 heavy (non-hydrogen) atoms. The predicted octanol–water partition coefficient (Wildman–Crippen LogP) is 3.29. The molecule has 3 aromatic heterocycles. The molecule has 4 heterocycles. The number of carbonyl (C=O) groups is 1. The number of morpholine rings is 1. The second kappa shape index (κ2) is 8.71. The number of ether oxygens (including phenoxy) is 1. The quantitative estimate of drug-likeness (QED) is 0.490. The summed E-state index contributed by atoms with van der Waals surface area (Å²) in [5, 5.41) is 6.96. The van der Waals surface area contributed by atoms with Crippen LogP contribution in [-0.4, -0.2) is 56.8 Å². The maximum atomic E-state index is 13.5. The third-order valence-electron chi connectivity index (χ3n) is 5.30. The highest BCUT2D eigenvalue weighted by Crippen LogP contribution is 2.36. The average Bonchev–Trinajstić information content (AvgIpc) is 3.26. The molecule has 0 spiro atoms. The van der Waals surface area contributed by atoms with E-state index in [1.165, 1.54) is 47.2 Å². The zero-order chi connectivity index (χ0) is 23.7. The van der Waals surface area contributed by atoms with Crippen molar-refractivity contribution in [1.29, 1.82) is 0 Å². The first-order valence-electron chi connectivity index (χ1n) is 10.4. The number of nitrogens with one attached hydrogen (secondary N) is 1. The highest BCUT2D eigenvalue weighted by atomic mass is 19.4. The van der Waals surface area contributed by atoms with Crippen molar-refractivity contribution >= 4 is 23.2 Å². The number of hydrogen-bond acceptors (Lipinski definition) is 7. The van der Waals surface area contributed by atoms with Gasteiger partial charge in [0, 0.05) is 18.7 Å². The molecular formula is C22H18F3N7O2. The molecular weight excluding hydrogens is 451 g/mol. The van der Waals surface area contributed by atoms with E-state index < -0.39 is 17.6 Å². The minimum Gasteiger partial charge on any atom is -0.378 e. The molecule has 0 aliphatic carbocycles. The van der Waals surface area contributed by atoms with Gasteiger partial charge in [-0.25, -0.2) is 9.97 Å². The van der Waals surface area contributed by atoms with Gasteiger partial charge in [-0.3, -0.25) is 9.78 Å². The van der Waals surface area contributed by atoms with Crippen LogP contribution < -0.4 is 10.2 Å². The highest BCUT2D eigenvalue weighted by molar-refractivity contribution is 6.02. The summed E-state index contributed by atoms with van der Waals surface area (Å²) >= 11 is 0. The van der Waals surface area contributed by atoms with Crippen molar-refractivity contribution in [3.8, 4) is 11.3 Å². The van der Waals surface area contributed by atoms with Crippen LogP contribution in [0, 0.1) is 0 Å². The number of anilines is 2. The van der Waals surface area contributed by atoms with Gasteiger partial charge in [-0.15, -0.1) is 0 Å². The second-order valence-corrected chi connectivity index (χ2v) is 7.49. The monoisotopic (exact) mass is 469 g/mol. The molecule has 5 rings (SSSR count). The lowest BCUT2D eigenvalue weighted by molar-refractivity contribution is -0.137. The summed E-state index contributed by atoms with van der Waals surface area (Å²) in [6.45, 7) is 2.40. The molecule has 0 bridgehead atoms. The molecule has 0 unspecified atom stereocenters. The van der Waals surface area contributed by atoms with Crippen molar-refractivity contribution in [2.24, 2.45) is 0 Å². The van der Waals surface area contributed by atoms with Gasteiger partial charge in [0.25, 0.3) is 5.91 Å². The summed E-state index contributed by atoms with van der Waals surface area (Å²) in [6, 6.07) is 8.16. The van der Waals surface area contributed by atoms with Crippen molar-refractivity contribution in [1.82, 2.24) is 24.6 Å². The minimum absolute atomic E-state index is 0.0769. The summed E-state index contributed by atoms with van der Waals surface area (Å²) in [7, 11) is 0. The van der Waals surface area contributed by atoms with Crippen molar-refractivity contribution in [2.75, 3.05) is 36.5 Å². The van der Waals surface area contributed by atoms with E-state index in [2.05, 4.69) is 25.4 Å². The predicted molar refractivity (Wildman–Crippen MR) is 116 cm³/mol. The maximum Gasteiger partial charge on any atom is 0.417 e. The molecule has 174 valence electrons. The number of rotatable bonds is 4. The first-order chi connectivity index (χ1) is 16.4. The molecule has 1 aromatic carbocycles. The molecule has 1 aliphatic rings. The summed E-state index contributed by atoms with van der Waals surface area (Å²) in [4.78, 5) is 27.5. The fourth-order valence-corrected chi connectivity index (χ4v) is 3.65. The van der Waals surface area contributed by atoms with Gasteiger partial charge in [0.05, 0.1) is 43.1 Å². The average molecular weight is 469 g/mol. The second-order valence-electron chi connectivity index (χ2n) is 7.49. The first kappa shape index (κ1) is 21.8. The van der Waals surface area contributed by atoms with Crippen LogP contribution in [0.2, 0.25) is 0 Å². The molecule has 1 amide bonds. The smallest absolute Gasteiger partial charge is 0.378 e. The molecule has 1 N–H and O–H groups in total. The van der Waals surface area contributed by atoms with E-state index in [4.69, 9.17) is 4.74 Å². The topological polar surface area (TPSA) is 97.5 Å². The highest BCUT2D eigenvalue weighted by Gasteiger charge is 2.33. The van der Waals surface area contributed by atoms with E-state index in [-0.39, 0.29) is 22.8 Å². The largest absolute Gasteiger partial charge is 0.417 e. The molecule has 12 heteroatoms. The Bertz CT molecular complexity index is 1350. The van der Waals surface area contributed by atoms with Gasteiger partial charge >= 0.3 is 6.18 Å². The Morgan fingerprint density at radius 1 is 1.03 bits per heavy atom. The van der Waals surface area contributed by atoms with Gasteiger partial charge < -0.3 is 15.0 Å². The Hall–Kier alpha value is -4.06. The van der Waals surface area contributed by atoms with Crippen LogP contribution in [0.25, 0.3) is 16.9 Å². The summed E-state index contributed by atoms with van der Waals surface area (Å²) in [5.74, 6) is 0.190. The van der Waals surface area contributed by atoms with Gasteiger partial charge in [0.1, 0.15) is 11.5 Å². The fourth-order valence-electron chi connectivity index (χ4n) is 3.65. The Balaban J connectivity index is 1.44. The van der Waals surface area contributed by atoms with Gasteiger partial charge in [-0.1, -0.05) is 18.2 Å². The van der Waals surface area contributed by atoms with Gasteiger partial charge in [0.15, 0.2) is 11.5 Å². The van der Waals surface area contributed by atoms with Crippen LogP contribution >= 0.6 is 0 Å². The zero-order valence-corrected chi connectivity index (χ0v) is 17.7. The molecule has 9 nitrogen and oxygen atoms in total. The number of benzene rings is 1. The molecule has 0 radical (unpaired) electrons. The number of aromatic nitrogens is 5. The summed E-state index contributed by atoms with van der Waals surface area (Å²) in [5.41, 5.74) is -0.355. The van der Waals surface area contributed by atoms with Crippen LogP contribution in [0.1, 0.15) is 16.1 Å². The Labute approximate surface area is 191 Å². The van der Waals surface area contributed by atoms with Crippen LogP contribution in [0.4, 0.5) is 24.8 Å². The number of fused-ring (bicyclic) bond motifs is 1. The number of carbonyl (C=O) groups excluding carboxylic acids is 1. The number of halogens is 3.